The average molecular weight is 218 g/mol. The lowest BCUT2D eigenvalue weighted by Crippen LogP contribution is -2.06. The molecule has 0 aliphatic rings. The maximum atomic E-state index is 5.14. The Morgan fingerprint density at radius 2 is 2.25 bits per heavy atom. The van der Waals surface area contributed by atoms with E-state index in [1.165, 1.54) is 0 Å². The van der Waals surface area contributed by atoms with Gasteiger partial charge < -0.3 is 14.6 Å². The van der Waals surface area contributed by atoms with Gasteiger partial charge in [-0.3, -0.25) is 0 Å². The predicted octanol–water partition coefficient (Wildman–Crippen LogP) is 1.44. The quantitative estimate of drug-likeness (QED) is 0.843. The first-order valence-corrected chi connectivity index (χ1v) is 5.00. The summed E-state index contributed by atoms with van der Waals surface area (Å²) < 4.78 is 7.11. The van der Waals surface area contributed by atoms with Crippen LogP contribution in [0.15, 0.2) is 30.7 Å². The Morgan fingerprint density at radius 3 is 2.94 bits per heavy atom. The van der Waals surface area contributed by atoms with E-state index < -0.39 is 0 Å². The highest BCUT2D eigenvalue weighted by molar-refractivity contribution is 5.51. The molecule has 1 N–H and O–H groups in total. The number of nitrogens with one attached hydrogen (secondary N) is 1. The van der Waals surface area contributed by atoms with E-state index in [0.29, 0.717) is 12.4 Å². The summed E-state index contributed by atoms with van der Waals surface area (Å²) in [5.41, 5.74) is 0.869. The predicted molar refractivity (Wildman–Crippen MR) is 61.3 cm³/mol. The zero-order valence-electron chi connectivity index (χ0n) is 9.34. The second kappa shape index (κ2) is 4.65. The van der Waals surface area contributed by atoms with Crippen LogP contribution in [0.25, 0.3) is 0 Å². The van der Waals surface area contributed by atoms with E-state index in [-0.39, 0.29) is 0 Å². The van der Waals surface area contributed by atoms with Crippen molar-refractivity contribution in [3.63, 3.8) is 0 Å². The standard InChI is InChI=1S/C11H14N4O/c1-15-7-6-12-10(15)8-14-9-4-3-5-13-11(9)16-2/h3-7,14H,8H2,1-2H3. The number of hydrogen-bond donors (Lipinski definition) is 1. The maximum Gasteiger partial charge on any atom is 0.237 e. The Balaban J connectivity index is 2.07. The molecule has 0 bridgehead atoms. The lowest BCUT2D eigenvalue weighted by atomic mass is 10.4. The first-order valence-electron chi connectivity index (χ1n) is 5.00. The number of hydrogen-bond acceptors (Lipinski definition) is 4. The molecule has 0 atom stereocenters. The highest BCUT2D eigenvalue weighted by Gasteiger charge is 2.04. The fourth-order valence-corrected chi connectivity index (χ4v) is 1.43. The first kappa shape index (κ1) is 10.5. The van der Waals surface area contributed by atoms with Gasteiger partial charge in [-0.1, -0.05) is 0 Å². The fraction of sp³-hybridized carbons (Fsp3) is 0.273. The van der Waals surface area contributed by atoms with Crippen LogP contribution >= 0.6 is 0 Å². The third kappa shape index (κ3) is 2.13. The number of ether oxygens (including phenoxy) is 1. The molecule has 0 saturated heterocycles. The summed E-state index contributed by atoms with van der Waals surface area (Å²) in [7, 11) is 3.57. The summed E-state index contributed by atoms with van der Waals surface area (Å²) in [6, 6.07) is 3.79. The molecule has 5 heteroatoms. The van der Waals surface area contributed by atoms with Gasteiger partial charge in [0.05, 0.1) is 19.3 Å². The summed E-state index contributed by atoms with van der Waals surface area (Å²) in [5, 5.41) is 3.24. The van der Waals surface area contributed by atoms with Gasteiger partial charge in [0.15, 0.2) is 0 Å². The number of rotatable bonds is 4. The minimum absolute atomic E-state index is 0.594. The van der Waals surface area contributed by atoms with Crippen LogP contribution in [0.4, 0.5) is 5.69 Å². The molecule has 2 rings (SSSR count). The van der Waals surface area contributed by atoms with E-state index in [0.717, 1.165) is 11.5 Å². The van der Waals surface area contributed by atoms with Crippen LogP contribution in [-0.2, 0) is 13.6 Å². The molecule has 0 saturated carbocycles. The summed E-state index contributed by atoms with van der Waals surface area (Å²) in [5.74, 6) is 1.56. The van der Waals surface area contributed by atoms with Crippen LogP contribution in [0.3, 0.4) is 0 Å². The number of nitrogens with zero attached hydrogens (tertiary/aromatic N) is 3. The fourth-order valence-electron chi connectivity index (χ4n) is 1.43. The number of aryl methyl sites for hydroxylation is 1. The van der Waals surface area contributed by atoms with Crippen LogP contribution < -0.4 is 10.1 Å². The molecule has 0 unspecified atom stereocenters. The molecule has 2 heterocycles. The smallest absolute Gasteiger partial charge is 0.237 e. The molecular weight excluding hydrogens is 204 g/mol. The third-order valence-corrected chi connectivity index (χ3v) is 2.32. The molecule has 2 aromatic heterocycles. The summed E-state index contributed by atoms with van der Waals surface area (Å²) >= 11 is 0. The van der Waals surface area contributed by atoms with Crippen LogP contribution in [0, 0.1) is 0 Å². The summed E-state index contributed by atoms with van der Waals surface area (Å²) in [6.45, 7) is 0.644. The lowest BCUT2D eigenvalue weighted by molar-refractivity contribution is 0.399. The topological polar surface area (TPSA) is 52.0 Å². The molecule has 0 spiro atoms. The van der Waals surface area contributed by atoms with Gasteiger partial charge in [0.25, 0.3) is 0 Å². The van der Waals surface area contributed by atoms with Crippen molar-refractivity contribution in [2.75, 3.05) is 12.4 Å². The van der Waals surface area contributed by atoms with Crippen molar-refractivity contribution in [2.24, 2.45) is 7.05 Å². The van der Waals surface area contributed by atoms with Crippen molar-refractivity contribution in [1.82, 2.24) is 14.5 Å². The number of methoxy groups -OCH3 is 1. The van der Waals surface area contributed by atoms with Gasteiger partial charge in [0.2, 0.25) is 5.88 Å². The van der Waals surface area contributed by atoms with Crippen LogP contribution in [0.2, 0.25) is 0 Å². The average Bonchev–Trinajstić information content (AvgIpc) is 2.72. The van der Waals surface area contributed by atoms with Crippen LogP contribution in [0.5, 0.6) is 5.88 Å². The second-order valence-corrected chi connectivity index (χ2v) is 3.37. The van der Waals surface area contributed by atoms with E-state index >= 15 is 0 Å². The Hall–Kier alpha value is -2.04. The molecule has 0 fully saturated rings. The van der Waals surface area contributed by atoms with Gasteiger partial charge in [-0.05, 0) is 12.1 Å². The molecule has 2 aromatic rings. The van der Waals surface area contributed by atoms with E-state index in [4.69, 9.17) is 4.74 Å². The normalized spacial score (nSPS) is 10.1. The molecule has 0 aliphatic heterocycles. The van der Waals surface area contributed by atoms with Gasteiger partial charge in [-0.15, -0.1) is 0 Å². The molecular formula is C11H14N4O. The van der Waals surface area contributed by atoms with Crippen molar-refractivity contribution in [2.45, 2.75) is 6.54 Å². The van der Waals surface area contributed by atoms with Gasteiger partial charge in [0.1, 0.15) is 5.82 Å². The highest BCUT2D eigenvalue weighted by Crippen LogP contribution is 2.20. The minimum Gasteiger partial charge on any atom is -0.480 e. The number of anilines is 1. The lowest BCUT2D eigenvalue weighted by Gasteiger charge is -2.09. The van der Waals surface area contributed by atoms with Gasteiger partial charge in [-0.2, -0.15) is 0 Å². The first-order chi connectivity index (χ1) is 7.81. The van der Waals surface area contributed by atoms with E-state index in [1.54, 1.807) is 19.5 Å². The minimum atomic E-state index is 0.594. The van der Waals surface area contributed by atoms with Crippen LogP contribution in [0.1, 0.15) is 5.82 Å². The number of imidazole rings is 1. The Labute approximate surface area is 94.1 Å². The molecule has 16 heavy (non-hydrogen) atoms. The molecule has 0 aromatic carbocycles. The van der Waals surface area contributed by atoms with Gasteiger partial charge >= 0.3 is 0 Å². The molecule has 0 radical (unpaired) electrons. The van der Waals surface area contributed by atoms with Crippen molar-refractivity contribution < 1.29 is 4.74 Å². The zero-order chi connectivity index (χ0) is 11.4. The van der Waals surface area contributed by atoms with Crippen molar-refractivity contribution in [3.05, 3.63) is 36.5 Å². The SMILES string of the molecule is COc1ncccc1NCc1nccn1C. The Kier molecular flexibility index (Phi) is 3.05. The largest absolute Gasteiger partial charge is 0.480 e. The summed E-state index contributed by atoms with van der Waals surface area (Å²) in [4.78, 5) is 8.33. The van der Waals surface area contributed by atoms with E-state index in [9.17, 15) is 0 Å². The van der Waals surface area contributed by atoms with Crippen LogP contribution in [-0.4, -0.2) is 21.6 Å². The molecule has 84 valence electrons. The monoisotopic (exact) mass is 218 g/mol. The third-order valence-electron chi connectivity index (χ3n) is 2.32. The molecule has 0 amide bonds. The Bertz CT molecular complexity index is 467. The van der Waals surface area contributed by atoms with Crippen molar-refractivity contribution >= 4 is 5.69 Å². The number of aromatic nitrogens is 3. The second-order valence-electron chi connectivity index (χ2n) is 3.37. The van der Waals surface area contributed by atoms with E-state index in [1.807, 2.05) is 29.9 Å². The van der Waals surface area contributed by atoms with Gasteiger partial charge in [-0.25, -0.2) is 9.97 Å². The maximum absolute atomic E-state index is 5.14. The number of pyridine rings is 1. The van der Waals surface area contributed by atoms with Gasteiger partial charge in [0, 0.05) is 25.6 Å². The summed E-state index contributed by atoms with van der Waals surface area (Å²) in [6.07, 6.45) is 5.39. The van der Waals surface area contributed by atoms with Crippen molar-refractivity contribution in [1.29, 1.82) is 0 Å². The Morgan fingerprint density at radius 1 is 1.38 bits per heavy atom. The van der Waals surface area contributed by atoms with Crippen molar-refractivity contribution in [3.8, 4) is 5.88 Å². The van der Waals surface area contributed by atoms with E-state index in [2.05, 4.69) is 15.3 Å². The molecule has 0 aliphatic carbocycles. The molecule has 5 nitrogen and oxygen atoms in total. The highest BCUT2D eigenvalue weighted by atomic mass is 16.5. The zero-order valence-corrected chi connectivity index (χ0v) is 9.34.